The van der Waals surface area contributed by atoms with Crippen molar-refractivity contribution in [1.82, 2.24) is 9.97 Å². The van der Waals surface area contributed by atoms with Gasteiger partial charge in [0, 0.05) is 25.0 Å². The minimum absolute atomic E-state index is 0.177. The Morgan fingerprint density at radius 1 is 1.14 bits per heavy atom. The lowest BCUT2D eigenvalue weighted by Gasteiger charge is -2.30. The summed E-state index contributed by atoms with van der Waals surface area (Å²) in [5.74, 6) is 1.75. The van der Waals surface area contributed by atoms with Gasteiger partial charge in [0.15, 0.2) is 0 Å². The molecule has 0 aliphatic carbocycles. The Hall–Kier alpha value is -2.43. The van der Waals surface area contributed by atoms with Crippen LogP contribution >= 0.6 is 0 Å². The van der Waals surface area contributed by atoms with Gasteiger partial charge in [-0.1, -0.05) is 52.8 Å². The second-order valence-corrected chi connectivity index (χ2v) is 8.51. The average Bonchev–Trinajstić information content (AvgIpc) is 2.67. The summed E-state index contributed by atoms with van der Waals surface area (Å²) >= 11 is 0. The van der Waals surface area contributed by atoms with E-state index in [9.17, 15) is 4.79 Å². The van der Waals surface area contributed by atoms with Crippen LogP contribution in [0.3, 0.4) is 0 Å². The van der Waals surface area contributed by atoms with Crippen molar-refractivity contribution in [1.29, 1.82) is 0 Å². The molecular weight excluding hydrogens is 348 g/mol. The molecule has 150 valence electrons. The van der Waals surface area contributed by atoms with Crippen molar-refractivity contribution in [2.24, 2.45) is 5.92 Å². The number of piperidine rings is 1. The number of aromatic nitrogens is 2. The number of carbonyl (C=O) groups is 1. The first kappa shape index (κ1) is 20.3. The van der Waals surface area contributed by atoms with Gasteiger partial charge in [0.05, 0.1) is 0 Å². The van der Waals surface area contributed by atoms with E-state index in [-0.39, 0.29) is 5.91 Å². The van der Waals surface area contributed by atoms with Crippen LogP contribution in [0, 0.1) is 5.92 Å². The average molecular weight is 381 g/mol. The van der Waals surface area contributed by atoms with E-state index in [0.717, 1.165) is 36.3 Å². The third-order valence-corrected chi connectivity index (χ3v) is 5.43. The number of carbonyl (C=O) groups excluding carboxylic acids is 1. The van der Waals surface area contributed by atoms with Crippen molar-refractivity contribution in [3.05, 3.63) is 47.3 Å². The van der Waals surface area contributed by atoms with Gasteiger partial charge in [-0.3, -0.25) is 4.79 Å². The molecule has 1 aliphatic heterocycles. The van der Waals surface area contributed by atoms with Crippen LogP contribution in [0.2, 0.25) is 0 Å². The van der Waals surface area contributed by atoms with Gasteiger partial charge < -0.3 is 10.2 Å². The van der Waals surface area contributed by atoms with Crippen LogP contribution in [0.25, 0.3) is 0 Å². The van der Waals surface area contributed by atoms with Crippen molar-refractivity contribution in [2.45, 2.75) is 59.3 Å². The molecule has 1 amide bonds. The highest BCUT2D eigenvalue weighted by Crippen LogP contribution is 2.32. The molecule has 1 fully saturated rings. The zero-order chi connectivity index (χ0) is 20.3. The number of hydrogen-bond acceptors (Lipinski definition) is 4. The van der Waals surface area contributed by atoms with E-state index < -0.39 is 0 Å². The largest absolute Gasteiger partial charge is 0.341 e. The first-order valence-electron chi connectivity index (χ1n) is 10.4. The predicted molar refractivity (Wildman–Crippen MR) is 115 cm³/mol. The number of anilines is 2. The van der Waals surface area contributed by atoms with Crippen molar-refractivity contribution >= 4 is 17.5 Å². The van der Waals surface area contributed by atoms with Crippen molar-refractivity contribution < 1.29 is 4.79 Å². The number of amides is 1. The van der Waals surface area contributed by atoms with Gasteiger partial charge in [0.25, 0.3) is 5.91 Å². The molecule has 1 N–H and O–H groups in total. The van der Waals surface area contributed by atoms with Crippen LogP contribution in [0.4, 0.5) is 11.6 Å². The normalized spacial score (nSPS) is 17.2. The maximum absolute atomic E-state index is 13.0. The molecule has 1 atom stereocenters. The molecule has 5 nitrogen and oxygen atoms in total. The van der Waals surface area contributed by atoms with Crippen LogP contribution in [-0.4, -0.2) is 29.0 Å². The van der Waals surface area contributed by atoms with Crippen LogP contribution in [0.5, 0.6) is 0 Å². The summed E-state index contributed by atoms with van der Waals surface area (Å²) in [6, 6.07) is 7.94. The van der Waals surface area contributed by atoms with Gasteiger partial charge in [-0.15, -0.1) is 0 Å². The minimum atomic E-state index is -0.177. The topological polar surface area (TPSA) is 58.1 Å². The fourth-order valence-corrected chi connectivity index (χ4v) is 3.87. The molecule has 5 heteroatoms. The van der Waals surface area contributed by atoms with E-state index in [1.807, 2.05) is 0 Å². The van der Waals surface area contributed by atoms with Crippen LogP contribution in [0.15, 0.2) is 30.5 Å². The zero-order valence-electron chi connectivity index (χ0n) is 17.7. The summed E-state index contributed by atoms with van der Waals surface area (Å²) in [6.45, 7) is 12.7. The van der Waals surface area contributed by atoms with Gasteiger partial charge in [-0.2, -0.15) is 0 Å². The molecule has 1 saturated heterocycles. The molecule has 1 aliphatic rings. The van der Waals surface area contributed by atoms with Crippen LogP contribution in [-0.2, 0) is 0 Å². The van der Waals surface area contributed by atoms with Crippen LogP contribution < -0.4 is 10.2 Å². The monoisotopic (exact) mass is 380 g/mol. The minimum Gasteiger partial charge on any atom is -0.341 e. The maximum atomic E-state index is 13.0. The summed E-state index contributed by atoms with van der Waals surface area (Å²) in [5, 5.41) is 3.15. The summed E-state index contributed by atoms with van der Waals surface area (Å²) in [5.41, 5.74) is 3.64. The van der Waals surface area contributed by atoms with Crippen molar-refractivity contribution in [3.8, 4) is 0 Å². The van der Waals surface area contributed by atoms with E-state index in [0.29, 0.717) is 29.4 Å². The van der Waals surface area contributed by atoms with Gasteiger partial charge >= 0.3 is 0 Å². The number of para-hydroxylation sites is 1. The number of rotatable bonds is 5. The van der Waals surface area contributed by atoms with Gasteiger partial charge in [0.1, 0.15) is 5.69 Å². The van der Waals surface area contributed by atoms with Gasteiger partial charge in [-0.05, 0) is 47.8 Å². The van der Waals surface area contributed by atoms with E-state index in [4.69, 9.17) is 0 Å². The van der Waals surface area contributed by atoms with Crippen LogP contribution in [0.1, 0.15) is 80.9 Å². The second-order valence-electron chi connectivity index (χ2n) is 8.51. The third-order valence-electron chi connectivity index (χ3n) is 5.43. The molecule has 1 aromatic heterocycles. The molecule has 0 bridgehead atoms. The number of benzene rings is 1. The molecule has 2 aromatic rings. The zero-order valence-corrected chi connectivity index (χ0v) is 17.7. The Morgan fingerprint density at radius 3 is 2.43 bits per heavy atom. The van der Waals surface area contributed by atoms with E-state index in [1.54, 1.807) is 12.3 Å². The Balaban J connectivity index is 1.87. The third kappa shape index (κ3) is 4.51. The molecule has 3 rings (SSSR count). The molecule has 2 heterocycles. The molecule has 1 aromatic carbocycles. The standard InChI is InChI=1S/C23H32N4O/c1-15(2)18-9-6-10-19(16(3)4)21(18)26-22(28)20-11-12-24-23(25-20)27-13-7-8-17(5)14-27/h6,9-12,15-17H,7-8,13-14H2,1-5H3,(H,26,28). The molecule has 28 heavy (non-hydrogen) atoms. The lowest BCUT2D eigenvalue weighted by Crippen LogP contribution is -2.35. The lowest BCUT2D eigenvalue weighted by atomic mass is 9.92. The highest BCUT2D eigenvalue weighted by Gasteiger charge is 2.21. The fraction of sp³-hybridized carbons (Fsp3) is 0.522. The van der Waals surface area contributed by atoms with E-state index >= 15 is 0 Å². The summed E-state index contributed by atoms with van der Waals surface area (Å²) in [4.78, 5) is 24.2. The maximum Gasteiger partial charge on any atom is 0.274 e. The number of nitrogens with one attached hydrogen (secondary N) is 1. The Kier molecular flexibility index (Phi) is 6.32. The molecule has 1 unspecified atom stereocenters. The first-order chi connectivity index (χ1) is 13.4. The summed E-state index contributed by atoms with van der Waals surface area (Å²) in [6.07, 6.45) is 4.06. The van der Waals surface area contributed by atoms with Gasteiger partial charge in [0.2, 0.25) is 5.95 Å². The predicted octanol–water partition coefficient (Wildman–Crippen LogP) is 5.21. The summed E-state index contributed by atoms with van der Waals surface area (Å²) < 4.78 is 0. The Labute approximate surface area is 168 Å². The fourth-order valence-electron chi connectivity index (χ4n) is 3.87. The molecule has 0 saturated carbocycles. The van der Waals surface area contributed by atoms with Gasteiger partial charge in [-0.25, -0.2) is 9.97 Å². The highest BCUT2D eigenvalue weighted by atomic mass is 16.1. The first-order valence-corrected chi connectivity index (χ1v) is 10.4. The molecule has 0 radical (unpaired) electrons. The highest BCUT2D eigenvalue weighted by molar-refractivity contribution is 6.04. The number of nitrogens with zero attached hydrogens (tertiary/aromatic N) is 3. The lowest BCUT2D eigenvalue weighted by molar-refractivity contribution is 0.102. The smallest absolute Gasteiger partial charge is 0.274 e. The quantitative estimate of drug-likeness (QED) is 0.773. The summed E-state index contributed by atoms with van der Waals surface area (Å²) in [7, 11) is 0. The molecule has 0 spiro atoms. The number of hydrogen-bond donors (Lipinski definition) is 1. The van der Waals surface area contributed by atoms with Crippen molar-refractivity contribution in [2.75, 3.05) is 23.3 Å². The van der Waals surface area contributed by atoms with Crippen molar-refractivity contribution in [3.63, 3.8) is 0 Å². The molecular formula is C23H32N4O. The Bertz CT molecular complexity index is 805. The van der Waals surface area contributed by atoms with E-state index in [1.165, 1.54) is 6.42 Å². The SMILES string of the molecule is CC1CCCN(c2nccc(C(=O)Nc3c(C(C)C)cccc3C(C)C)n2)C1. The van der Waals surface area contributed by atoms with E-state index in [2.05, 4.69) is 73.0 Å². The Morgan fingerprint density at radius 2 is 1.82 bits per heavy atom. The second kappa shape index (κ2) is 8.72.